The summed E-state index contributed by atoms with van der Waals surface area (Å²) in [4.78, 5) is 13.1. The van der Waals surface area contributed by atoms with E-state index in [1.54, 1.807) is 0 Å². The van der Waals surface area contributed by atoms with Gasteiger partial charge in [-0.3, -0.25) is 4.57 Å². The third-order valence-corrected chi connectivity index (χ3v) is 12.4. The first-order valence-electron chi connectivity index (χ1n) is 21.7. The molecular formula is C60H40N4. The summed E-state index contributed by atoms with van der Waals surface area (Å²) in [5.74, 6) is 0.645. The maximum atomic E-state index is 5.45. The van der Waals surface area contributed by atoms with Crippen LogP contribution in [-0.2, 0) is 0 Å². The first-order chi connectivity index (χ1) is 31.7. The predicted molar refractivity (Wildman–Crippen MR) is 268 cm³/mol. The van der Waals surface area contributed by atoms with Crippen LogP contribution >= 0.6 is 0 Å². The number of para-hydroxylation sites is 3. The van der Waals surface area contributed by atoms with E-state index in [0.717, 1.165) is 77.7 Å². The highest BCUT2D eigenvalue weighted by Gasteiger charge is 2.20. The van der Waals surface area contributed by atoms with Crippen molar-refractivity contribution >= 4 is 60.5 Å². The molecule has 0 aliphatic heterocycles. The summed E-state index contributed by atoms with van der Waals surface area (Å²) >= 11 is 0. The Labute approximate surface area is 371 Å². The molecular weight excluding hydrogens is 777 g/mol. The molecule has 2 aromatic heterocycles. The smallest absolute Gasteiger partial charge is 0.235 e. The minimum absolute atomic E-state index is 0.645. The highest BCUT2D eigenvalue weighted by atomic mass is 15.2. The van der Waals surface area contributed by atoms with E-state index in [4.69, 9.17) is 9.97 Å². The van der Waals surface area contributed by atoms with Gasteiger partial charge in [-0.25, -0.2) is 9.97 Å². The molecule has 12 rings (SSSR count). The van der Waals surface area contributed by atoms with Crippen molar-refractivity contribution in [1.29, 1.82) is 0 Å². The molecule has 12 aromatic rings. The molecule has 0 spiro atoms. The van der Waals surface area contributed by atoms with Crippen LogP contribution in [-0.4, -0.2) is 14.5 Å². The first-order valence-corrected chi connectivity index (χ1v) is 21.7. The van der Waals surface area contributed by atoms with Crippen LogP contribution in [0.25, 0.3) is 94.1 Å². The molecule has 0 radical (unpaired) electrons. The third-order valence-electron chi connectivity index (χ3n) is 12.4. The van der Waals surface area contributed by atoms with E-state index < -0.39 is 0 Å². The van der Waals surface area contributed by atoms with Gasteiger partial charge in [0.25, 0.3) is 0 Å². The number of anilines is 3. The van der Waals surface area contributed by atoms with E-state index >= 15 is 0 Å². The Balaban J connectivity index is 0.991. The van der Waals surface area contributed by atoms with Gasteiger partial charge < -0.3 is 4.90 Å². The molecule has 0 amide bonds. The van der Waals surface area contributed by atoms with E-state index in [9.17, 15) is 0 Å². The number of aromatic nitrogens is 3. The predicted octanol–water partition coefficient (Wildman–Crippen LogP) is 16.0. The van der Waals surface area contributed by atoms with Gasteiger partial charge in [-0.05, 0) is 87.1 Å². The van der Waals surface area contributed by atoms with Crippen LogP contribution in [0.2, 0.25) is 0 Å². The second kappa shape index (κ2) is 15.7. The lowest BCUT2D eigenvalue weighted by molar-refractivity contribution is 1.01. The van der Waals surface area contributed by atoms with Gasteiger partial charge >= 0.3 is 0 Å². The zero-order valence-corrected chi connectivity index (χ0v) is 34.9. The van der Waals surface area contributed by atoms with Crippen molar-refractivity contribution in [2.45, 2.75) is 0 Å². The molecule has 0 unspecified atom stereocenters. The molecule has 0 saturated carbocycles. The van der Waals surface area contributed by atoms with Crippen molar-refractivity contribution in [2.24, 2.45) is 0 Å². The molecule has 0 fully saturated rings. The maximum absolute atomic E-state index is 5.45. The van der Waals surface area contributed by atoms with E-state index in [2.05, 4.69) is 252 Å². The number of rotatable bonds is 8. The van der Waals surface area contributed by atoms with Crippen molar-refractivity contribution in [3.8, 4) is 50.6 Å². The Bertz CT molecular complexity index is 3640. The van der Waals surface area contributed by atoms with Gasteiger partial charge in [-0.2, -0.15) is 0 Å². The van der Waals surface area contributed by atoms with Crippen LogP contribution in [0.3, 0.4) is 0 Å². The SMILES string of the molecule is c1ccc(-c2ccc(N(c3ccc(-c4ccc5c6ccccc6n(-c6nc(-c7cccc8ccccc78)c7ccccc7n6)c5c4)cc3)c3ccccc3-c3ccccc3)cc2)cc1. The maximum Gasteiger partial charge on any atom is 0.235 e. The van der Waals surface area contributed by atoms with Crippen LogP contribution in [0.5, 0.6) is 0 Å². The van der Waals surface area contributed by atoms with Crippen molar-refractivity contribution < 1.29 is 0 Å². The minimum atomic E-state index is 0.645. The van der Waals surface area contributed by atoms with Crippen LogP contribution < -0.4 is 4.90 Å². The van der Waals surface area contributed by atoms with E-state index in [1.807, 2.05) is 0 Å². The molecule has 0 saturated heterocycles. The summed E-state index contributed by atoms with van der Waals surface area (Å²) in [6, 6.07) is 86.4. The minimum Gasteiger partial charge on any atom is -0.310 e. The lowest BCUT2D eigenvalue weighted by atomic mass is 9.99. The van der Waals surface area contributed by atoms with E-state index in [0.29, 0.717) is 5.95 Å². The van der Waals surface area contributed by atoms with Crippen LogP contribution in [0.15, 0.2) is 243 Å². The normalized spacial score (nSPS) is 11.4. The van der Waals surface area contributed by atoms with Crippen molar-refractivity contribution in [3.63, 3.8) is 0 Å². The second-order valence-corrected chi connectivity index (χ2v) is 16.2. The highest BCUT2D eigenvalue weighted by molar-refractivity contribution is 6.10. The van der Waals surface area contributed by atoms with Gasteiger partial charge in [0.2, 0.25) is 5.95 Å². The Hall–Kier alpha value is -8.60. The number of hydrogen-bond acceptors (Lipinski definition) is 3. The molecule has 0 atom stereocenters. The van der Waals surface area contributed by atoms with Gasteiger partial charge in [-0.15, -0.1) is 0 Å². The van der Waals surface area contributed by atoms with Crippen molar-refractivity contribution in [2.75, 3.05) is 4.90 Å². The quantitative estimate of drug-likeness (QED) is 0.153. The standard InChI is InChI=1S/C60H40N4/c1-3-16-41(17-4-1)42-30-35-47(36-31-42)63(56-28-13-10-23-50(56)45-18-5-2-6-19-45)48-37-32-43(33-38-48)46-34-39-52-51-24-11-14-29-57(51)64(58(52)40-46)60-61-55-27-12-9-25-54(55)59(62-60)53-26-15-21-44-20-7-8-22-49(44)53/h1-40H. The monoisotopic (exact) mass is 816 g/mol. The van der Waals surface area contributed by atoms with Gasteiger partial charge in [0, 0.05) is 38.7 Å². The molecule has 0 aliphatic carbocycles. The molecule has 10 aromatic carbocycles. The highest BCUT2D eigenvalue weighted by Crippen LogP contribution is 2.43. The van der Waals surface area contributed by atoms with Gasteiger partial charge in [-0.1, -0.05) is 194 Å². The Morgan fingerprint density at radius 2 is 0.859 bits per heavy atom. The molecule has 4 nitrogen and oxygen atoms in total. The zero-order valence-electron chi connectivity index (χ0n) is 34.9. The summed E-state index contributed by atoms with van der Waals surface area (Å²) in [6.45, 7) is 0. The number of benzene rings is 10. The number of hydrogen-bond donors (Lipinski definition) is 0. The van der Waals surface area contributed by atoms with Gasteiger partial charge in [0.15, 0.2) is 0 Å². The lowest BCUT2D eigenvalue weighted by Gasteiger charge is -2.28. The topological polar surface area (TPSA) is 34.0 Å². The first kappa shape index (κ1) is 37.2. The van der Waals surface area contributed by atoms with Crippen LogP contribution in [0.1, 0.15) is 0 Å². The molecule has 2 heterocycles. The lowest BCUT2D eigenvalue weighted by Crippen LogP contribution is -2.11. The molecule has 64 heavy (non-hydrogen) atoms. The zero-order chi connectivity index (χ0) is 42.4. The van der Waals surface area contributed by atoms with Gasteiger partial charge in [0.1, 0.15) is 0 Å². The fourth-order valence-corrected chi connectivity index (χ4v) is 9.36. The summed E-state index contributed by atoms with van der Waals surface area (Å²) < 4.78 is 2.24. The van der Waals surface area contributed by atoms with Crippen molar-refractivity contribution in [3.05, 3.63) is 243 Å². The summed E-state index contributed by atoms with van der Waals surface area (Å²) in [5, 5.41) is 5.69. The average molecular weight is 817 g/mol. The summed E-state index contributed by atoms with van der Waals surface area (Å²) in [6.07, 6.45) is 0. The molecule has 0 aliphatic rings. The fourth-order valence-electron chi connectivity index (χ4n) is 9.36. The number of nitrogens with zero attached hydrogens (tertiary/aromatic N) is 4. The van der Waals surface area contributed by atoms with Crippen LogP contribution in [0.4, 0.5) is 17.1 Å². The summed E-state index contributed by atoms with van der Waals surface area (Å²) in [7, 11) is 0. The Morgan fingerprint density at radius 1 is 0.328 bits per heavy atom. The fraction of sp³-hybridized carbons (Fsp3) is 0. The van der Waals surface area contributed by atoms with E-state index in [-0.39, 0.29) is 0 Å². The van der Waals surface area contributed by atoms with Gasteiger partial charge in [0.05, 0.1) is 27.9 Å². The summed E-state index contributed by atoms with van der Waals surface area (Å²) in [5.41, 5.74) is 15.2. The largest absolute Gasteiger partial charge is 0.310 e. The molecule has 4 heteroatoms. The molecule has 300 valence electrons. The molecule has 0 N–H and O–H groups in total. The second-order valence-electron chi connectivity index (χ2n) is 16.2. The molecule has 0 bridgehead atoms. The Kier molecular flexibility index (Phi) is 9.12. The third kappa shape index (κ3) is 6.48. The van der Waals surface area contributed by atoms with Crippen LogP contribution in [0, 0.1) is 0 Å². The van der Waals surface area contributed by atoms with E-state index in [1.165, 1.54) is 27.5 Å². The van der Waals surface area contributed by atoms with Crippen molar-refractivity contribution in [1.82, 2.24) is 14.5 Å². The average Bonchev–Trinajstić information content (AvgIpc) is 3.71. The number of fused-ring (bicyclic) bond motifs is 5. The Morgan fingerprint density at radius 3 is 1.62 bits per heavy atom.